The maximum Gasteiger partial charge on any atom is 0.164 e. The lowest BCUT2D eigenvalue weighted by Crippen LogP contribution is -2.01. The topological polar surface area (TPSA) is 43.6 Å². The van der Waals surface area contributed by atoms with Gasteiger partial charge in [0.05, 0.1) is 11.0 Å². The van der Waals surface area contributed by atoms with Crippen LogP contribution in [0.15, 0.2) is 182 Å². The molecule has 0 bridgehead atoms. The van der Waals surface area contributed by atoms with Gasteiger partial charge in [0.1, 0.15) is 0 Å². The number of rotatable bonds is 6. The Morgan fingerprint density at radius 1 is 0.306 bits per heavy atom. The van der Waals surface area contributed by atoms with Gasteiger partial charge in [0, 0.05) is 33.2 Å². The van der Waals surface area contributed by atoms with Crippen molar-refractivity contribution < 1.29 is 0 Å². The Balaban J connectivity index is 1.18. The van der Waals surface area contributed by atoms with Gasteiger partial charge in [-0.25, -0.2) is 15.0 Å². The van der Waals surface area contributed by atoms with E-state index in [1.807, 2.05) is 36.4 Å². The molecule has 0 saturated heterocycles. The van der Waals surface area contributed by atoms with Crippen molar-refractivity contribution in [1.29, 1.82) is 0 Å². The molecule has 0 aliphatic rings. The number of hydrogen-bond acceptors (Lipinski definition) is 3. The van der Waals surface area contributed by atoms with Gasteiger partial charge in [-0.3, -0.25) is 0 Å². The zero-order chi connectivity index (χ0) is 32.6. The Bertz CT molecular complexity index is 2530. The van der Waals surface area contributed by atoms with Crippen LogP contribution in [0.3, 0.4) is 0 Å². The van der Waals surface area contributed by atoms with E-state index in [1.54, 1.807) is 0 Å². The van der Waals surface area contributed by atoms with Gasteiger partial charge in [0.25, 0.3) is 0 Å². The van der Waals surface area contributed by atoms with E-state index >= 15 is 0 Å². The summed E-state index contributed by atoms with van der Waals surface area (Å²) in [4.78, 5) is 15.2. The van der Waals surface area contributed by atoms with E-state index in [-0.39, 0.29) is 0 Å². The molecule has 9 rings (SSSR count). The molecule has 7 aromatic carbocycles. The third kappa shape index (κ3) is 5.26. The first-order valence-corrected chi connectivity index (χ1v) is 16.5. The zero-order valence-electron chi connectivity index (χ0n) is 26.6. The van der Waals surface area contributed by atoms with Crippen LogP contribution < -0.4 is 0 Å². The maximum absolute atomic E-state index is 5.11. The van der Waals surface area contributed by atoms with Gasteiger partial charge in [0.2, 0.25) is 0 Å². The molecule has 0 saturated carbocycles. The molecule has 2 heterocycles. The first-order chi connectivity index (χ1) is 24.3. The smallest absolute Gasteiger partial charge is 0.164 e. The summed E-state index contributed by atoms with van der Waals surface area (Å²) in [5.74, 6) is 1.91. The minimum absolute atomic E-state index is 0.633. The summed E-state index contributed by atoms with van der Waals surface area (Å²) in [6.45, 7) is 0. The van der Waals surface area contributed by atoms with E-state index in [0.717, 1.165) is 39.1 Å². The molecule has 4 nitrogen and oxygen atoms in total. The van der Waals surface area contributed by atoms with Crippen LogP contribution in [0.4, 0.5) is 0 Å². The van der Waals surface area contributed by atoms with Crippen molar-refractivity contribution in [2.45, 2.75) is 0 Å². The summed E-state index contributed by atoms with van der Waals surface area (Å²) in [6, 6.07) is 63.3. The van der Waals surface area contributed by atoms with Crippen molar-refractivity contribution in [3.63, 3.8) is 0 Å². The lowest BCUT2D eigenvalue weighted by atomic mass is 9.98. The largest absolute Gasteiger partial charge is 0.309 e. The molecule has 0 unspecified atom stereocenters. The Labute approximate surface area is 284 Å². The minimum Gasteiger partial charge on any atom is -0.309 e. The standard InChI is InChI=1S/C45H30N4/c1-3-14-31(15-4-1)32-26-28-34(29-27-32)44-46-43(33-16-5-2-6-17-33)47-45(48-44)40-23-8-7-20-37(40)35-18-13-19-36(30-35)49-41-24-11-9-21-38(41)39-22-10-12-25-42(39)49/h1-30H. The quantitative estimate of drug-likeness (QED) is 0.184. The van der Waals surface area contributed by atoms with Crippen LogP contribution in [0.5, 0.6) is 0 Å². The van der Waals surface area contributed by atoms with E-state index in [0.29, 0.717) is 17.5 Å². The average molecular weight is 627 g/mol. The molecule has 0 amide bonds. The molecule has 0 spiro atoms. The molecular weight excluding hydrogens is 597 g/mol. The van der Waals surface area contributed by atoms with Gasteiger partial charge < -0.3 is 4.57 Å². The van der Waals surface area contributed by atoms with E-state index in [4.69, 9.17) is 15.0 Å². The van der Waals surface area contributed by atoms with Crippen molar-refractivity contribution in [2.24, 2.45) is 0 Å². The van der Waals surface area contributed by atoms with Gasteiger partial charge in [-0.2, -0.15) is 0 Å². The van der Waals surface area contributed by atoms with Crippen LogP contribution in [-0.4, -0.2) is 19.5 Å². The number of benzene rings is 7. The number of aromatic nitrogens is 4. The van der Waals surface area contributed by atoms with Crippen LogP contribution in [0, 0.1) is 0 Å². The van der Waals surface area contributed by atoms with Crippen molar-refractivity contribution >= 4 is 21.8 Å². The van der Waals surface area contributed by atoms with E-state index in [9.17, 15) is 0 Å². The second kappa shape index (κ2) is 12.2. The Morgan fingerprint density at radius 2 is 0.755 bits per heavy atom. The molecule has 0 radical (unpaired) electrons. The maximum atomic E-state index is 5.11. The Morgan fingerprint density at radius 3 is 1.41 bits per heavy atom. The predicted molar refractivity (Wildman–Crippen MR) is 201 cm³/mol. The van der Waals surface area contributed by atoms with Gasteiger partial charge in [-0.15, -0.1) is 0 Å². The first-order valence-electron chi connectivity index (χ1n) is 16.5. The molecule has 0 N–H and O–H groups in total. The normalized spacial score (nSPS) is 11.3. The molecule has 9 aromatic rings. The highest BCUT2D eigenvalue weighted by Gasteiger charge is 2.17. The molecule has 49 heavy (non-hydrogen) atoms. The van der Waals surface area contributed by atoms with E-state index in [2.05, 4.69) is 150 Å². The summed E-state index contributed by atoms with van der Waals surface area (Å²) < 4.78 is 2.35. The van der Waals surface area contributed by atoms with Crippen LogP contribution in [0.2, 0.25) is 0 Å². The summed E-state index contributed by atoms with van der Waals surface area (Å²) in [5.41, 5.74) is 10.8. The summed E-state index contributed by atoms with van der Waals surface area (Å²) in [6.07, 6.45) is 0. The third-order valence-electron chi connectivity index (χ3n) is 9.08. The third-order valence-corrected chi connectivity index (χ3v) is 9.08. The molecule has 4 heteroatoms. The van der Waals surface area contributed by atoms with Crippen LogP contribution in [0.1, 0.15) is 0 Å². The van der Waals surface area contributed by atoms with Gasteiger partial charge >= 0.3 is 0 Å². The Kier molecular flexibility index (Phi) is 7.10. The first kappa shape index (κ1) is 28.6. The number of nitrogens with zero attached hydrogens (tertiary/aromatic N) is 4. The molecule has 230 valence electrons. The van der Waals surface area contributed by atoms with Crippen molar-refractivity contribution in [2.75, 3.05) is 0 Å². The number of para-hydroxylation sites is 2. The average Bonchev–Trinajstić information content (AvgIpc) is 3.53. The minimum atomic E-state index is 0.633. The second-order valence-corrected chi connectivity index (χ2v) is 12.1. The van der Waals surface area contributed by atoms with E-state index in [1.165, 1.54) is 27.4 Å². The second-order valence-electron chi connectivity index (χ2n) is 12.1. The molecule has 2 aromatic heterocycles. The molecule has 0 aliphatic heterocycles. The van der Waals surface area contributed by atoms with Crippen LogP contribution >= 0.6 is 0 Å². The predicted octanol–water partition coefficient (Wildman–Crippen LogP) is 11.3. The lowest BCUT2D eigenvalue weighted by molar-refractivity contribution is 1.07. The molecule has 0 aliphatic carbocycles. The fourth-order valence-corrected chi connectivity index (χ4v) is 6.73. The van der Waals surface area contributed by atoms with Gasteiger partial charge in [-0.1, -0.05) is 158 Å². The number of fused-ring (bicyclic) bond motifs is 3. The SMILES string of the molecule is c1ccc(-c2ccc(-c3nc(-c4ccccc4)nc(-c4ccccc4-c4cccc(-n5c6ccccc6c6ccccc65)c4)n3)cc2)cc1. The van der Waals surface area contributed by atoms with Gasteiger partial charge in [-0.05, 0) is 46.5 Å². The molecular formula is C45H30N4. The van der Waals surface area contributed by atoms with Crippen molar-refractivity contribution in [3.8, 4) is 62.1 Å². The highest BCUT2D eigenvalue weighted by atomic mass is 15.0. The monoisotopic (exact) mass is 626 g/mol. The fourth-order valence-electron chi connectivity index (χ4n) is 6.73. The van der Waals surface area contributed by atoms with E-state index < -0.39 is 0 Å². The number of hydrogen-bond donors (Lipinski definition) is 0. The van der Waals surface area contributed by atoms with Gasteiger partial charge in [0.15, 0.2) is 17.5 Å². The van der Waals surface area contributed by atoms with Crippen LogP contribution in [0.25, 0.3) is 83.9 Å². The molecule has 0 fully saturated rings. The van der Waals surface area contributed by atoms with Crippen molar-refractivity contribution in [1.82, 2.24) is 19.5 Å². The fraction of sp³-hybridized carbons (Fsp3) is 0. The Hall–Kier alpha value is -6.65. The molecule has 0 atom stereocenters. The summed E-state index contributed by atoms with van der Waals surface area (Å²) in [5, 5.41) is 2.48. The van der Waals surface area contributed by atoms with Crippen molar-refractivity contribution in [3.05, 3.63) is 182 Å². The summed E-state index contributed by atoms with van der Waals surface area (Å²) in [7, 11) is 0. The highest BCUT2D eigenvalue weighted by Crippen LogP contribution is 2.36. The summed E-state index contributed by atoms with van der Waals surface area (Å²) >= 11 is 0. The zero-order valence-corrected chi connectivity index (χ0v) is 26.6. The lowest BCUT2D eigenvalue weighted by Gasteiger charge is -2.14. The van der Waals surface area contributed by atoms with Crippen LogP contribution in [-0.2, 0) is 0 Å². The highest BCUT2D eigenvalue weighted by molar-refractivity contribution is 6.09.